The quantitative estimate of drug-likeness (QED) is 0.149. The number of amides is 1. The van der Waals surface area contributed by atoms with Gasteiger partial charge in [0.1, 0.15) is 12.9 Å². The normalized spacial score (nSPS) is 10.8. The highest BCUT2D eigenvalue weighted by atomic mass is 32.2. The lowest BCUT2D eigenvalue weighted by Crippen LogP contribution is -2.35. The molecule has 0 aliphatic heterocycles. The molecule has 1 heterocycles. The van der Waals surface area contributed by atoms with Crippen molar-refractivity contribution in [3.63, 3.8) is 0 Å². The summed E-state index contributed by atoms with van der Waals surface area (Å²) >= 11 is 1.65. The number of ether oxygens (including phenoxy) is 2. The Labute approximate surface area is 174 Å². The van der Waals surface area contributed by atoms with E-state index in [1.165, 1.54) is 15.8 Å². The molecular weight excluding hydrogens is 398 g/mol. The second-order valence-electron chi connectivity index (χ2n) is 5.67. The molecule has 29 heavy (non-hydrogen) atoms. The molecule has 0 radical (unpaired) electrons. The van der Waals surface area contributed by atoms with Gasteiger partial charge in [0, 0.05) is 37.8 Å². The van der Waals surface area contributed by atoms with Gasteiger partial charge >= 0.3 is 12.2 Å². The summed E-state index contributed by atoms with van der Waals surface area (Å²) in [6, 6.07) is -0.258. The van der Waals surface area contributed by atoms with Crippen LogP contribution in [0, 0.1) is 18.4 Å². The predicted molar refractivity (Wildman–Crippen MR) is 110 cm³/mol. The van der Waals surface area contributed by atoms with Gasteiger partial charge in [-0.2, -0.15) is 17.0 Å². The molecule has 0 aromatic carbocycles. The van der Waals surface area contributed by atoms with Gasteiger partial charge in [0.2, 0.25) is 5.96 Å². The Balaban J connectivity index is 2.43. The monoisotopic (exact) mass is 425 g/mol. The van der Waals surface area contributed by atoms with Gasteiger partial charge in [-0.05, 0) is 13.8 Å². The fourth-order valence-electron chi connectivity index (χ4n) is 2.13. The summed E-state index contributed by atoms with van der Waals surface area (Å²) in [4.78, 5) is 33.4. The number of aromatic nitrogens is 2. The lowest BCUT2D eigenvalue weighted by Gasteiger charge is -2.18. The number of imidazole rings is 1. The SMILES string of the molecule is CCOC(=O)OCCN(C)C(=O)n1cnc(CSCCNC(=NC)NC#N)c1C. The molecule has 0 fully saturated rings. The first-order valence-electron chi connectivity index (χ1n) is 8.95. The van der Waals surface area contributed by atoms with Crippen molar-refractivity contribution in [1.82, 2.24) is 25.1 Å². The molecule has 0 saturated carbocycles. The number of thioether (sulfide) groups is 1. The van der Waals surface area contributed by atoms with Crippen molar-refractivity contribution in [3.8, 4) is 6.19 Å². The molecule has 160 valence electrons. The summed E-state index contributed by atoms with van der Waals surface area (Å²) < 4.78 is 11.0. The first-order valence-corrected chi connectivity index (χ1v) is 10.1. The van der Waals surface area contributed by atoms with Crippen LogP contribution in [0.1, 0.15) is 18.3 Å². The van der Waals surface area contributed by atoms with Gasteiger partial charge in [0.25, 0.3) is 0 Å². The lowest BCUT2D eigenvalue weighted by molar-refractivity contribution is 0.0550. The molecule has 0 unspecified atom stereocenters. The summed E-state index contributed by atoms with van der Waals surface area (Å²) in [5.41, 5.74) is 1.58. The highest BCUT2D eigenvalue weighted by Crippen LogP contribution is 2.15. The van der Waals surface area contributed by atoms with Gasteiger partial charge in [-0.3, -0.25) is 14.9 Å². The van der Waals surface area contributed by atoms with Crippen LogP contribution in [0.25, 0.3) is 0 Å². The maximum atomic E-state index is 12.5. The highest BCUT2D eigenvalue weighted by molar-refractivity contribution is 7.98. The number of hydrogen-bond acceptors (Lipinski definition) is 8. The number of rotatable bonds is 9. The number of nitriles is 1. The molecule has 0 aliphatic rings. The van der Waals surface area contributed by atoms with Crippen LogP contribution in [0.3, 0.4) is 0 Å². The predicted octanol–water partition coefficient (Wildman–Crippen LogP) is 1.14. The van der Waals surface area contributed by atoms with Crippen LogP contribution >= 0.6 is 11.8 Å². The number of hydrogen-bond donors (Lipinski definition) is 2. The summed E-state index contributed by atoms with van der Waals surface area (Å²) in [6.45, 7) is 4.68. The van der Waals surface area contributed by atoms with Gasteiger partial charge in [-0.25, -0.2) is 14.6 Å². The number of aliphatic imine (C=N–C) groups is 1. The molecule has 0 saturated heterocycles. The lowest BCUT2D eigenvalue weighted by atomic mass is 10.4. The van der Waals surface area contributed by atoms with Gasteiger partial charge < -0.3 is 19.7 Å². The van der Waals surface area contributed by atoms with Crippen molar-refractivity contribution in [2.24, 2.45) is 4.99 Å². The summed E-state index contributed by atoms with van der Waals surface area (Å²) in [5.74, 6) is 1.85. The molecule has 2 N–H and O–H groups in total. The minimum absolute atomic E-state index is 0.0498. The van der Waals surface area contributed by atoms with Crippen molar-refractivity contribution in [1.29, 1.82) is 5.26 Å². The smallest absolute Gasteiger partial charge is 0.435 e. The Kier molecular flexibility index (Phi) is 11.0. The number of guanidine groups is 1. The minimum atomic E-state index is -0.748. The zero-order valence-corrected chi connectivity index (χ0v) is 17.9. The second-order valence-corrected chi connectivity index (χ2v) is 6.78. The molecule has 0 bridgehead atoms. The molecule has 1 rings (SSSR count). The summed E-state index contributed by atoms with van der Waals surface area (Å²) in [7, 11) is 3.21. The average molecular weight is 426 g/mol. The Morgan fingerprint density at radius 2 is 2.21 bits per heavy atom. The Bertz CT molecular complexity index is 745. The van der Waals surface area contributed by atoms with E-state index in [2.05, 4.69) is 25.3 Å². The maximum absolute atomic E-state index is 12.5. The van der Waals surface area contributed by atoms with Gasteiger partial charge in [0.05, 0.1) is 18.8 Å². The van der Waals surface area contributed by atoms with Crippen LogP contribution in [0.2, 0.25) is 0 Å². The number of likely N-dealkylation sites (N-methyl/N-ethyl adjacent to an activating group) is 1. The Hall–Kier alpha value is -2.94. The van der Waals surface area contributed by atoms with E-state index >= 15 is 0 Å². The molecule has 0 atom stereocenters. The van der Waals surface area contributed by atoms with E-state index in [-0.39, 0.29) is 25.8 Å². The highest BCUT2D eigenvalue weighted by Gasteiger charge is 2.16. The summed E-state index contributed by atoms with van der Waals surface area (Å²) in [6.07, 6.45) is 2.55. The zero-order chi connectivity index (χ0) is 21.6. The standard InChI is InChI=1S/C17H27N7O4S/c1-5-27-17(26)28-8-7-23(4)16(25)24-12-22-14(13(24)2)10-29-9-6-20-15(19-3)21-11-18/h12H,5-10H2,1-4H3,(H2,19,20,21). The van der Waals surface area contributed by atoms with Crippen LogP contribution in [0.5, 0.6) is 0 Å². The van der Waals surface area contributed by atoms with E-state index in [4.69, 9.17) is 10.00 Å². The minimum Gasteiger partial charge on any atom is -0.435 e. The van der Waals surface area contributed by atoms with Crippen LogP contribution in [0.4, 0.5) is 9.59 Å². The van der Waals surface area contributed by atoms with E-state index in [1.54, 1.807) is 32.8 Å². The molecule has 0 spiro atoms. The largest absolute Gasteiger partial charge is 0.508 e. The number of carbonyl (C=O) groups is 2. The molecular formula is C17H27N7O4S. The molecule has 1 aromatic rings. The van der Waals surface area contributed by atoms with E-state index in [0.29, 0.717) is 18.3 Å². The first kappa shape index (κ1) is 24.1. The number of carbonyl (C=O) groups excluding carboxylic acids is 2. The van der Waals surface area contributed by atoms with Crippen LogP contribution in [-0.2, 0) is 15.2 Å². The van der Waals surface area contributed by atoms with E-state index in [1.807, 2.05) is 13.1 Å². The van der Waals surface area contributed by atoms with Crippen LogP contribution in [-0.4, -0.2) is 78.7 Å². The van der Waals surface area contributed by atoms with Gasteiger partial charge in [0.15, 0.2) is 6.19 Å². The van der Waals surface area contributed by atoms with Crippen molar-refractivity contribution in [2.75, 3.05) is 46.2 Å². The van der Waals surface area contributed by atoms with E-state index < -0.39 is 6.16 Å². The fourth-order valence-corrected chi connectivity index (χ4v) is 3.00. The molecule has 12 heteroatoms. The third kappa shape index (κ3) is 8.30. The topological polar surface area (TPSA) is 134 Å². The Morgan fingerprint density at radius 1 is 1.45 bits per heavy atom. The third-order valence-electron chi connectivity index (χ3n) is 3.72. The van der Waals surface area contributed by atoms with E-state index in [9.17, 15) is 9.59 Å². The molecule has 11 nitrogen and oxygen atoms in total. The number of nitrogens with zero attached hydrogens (tertiary/aromatic N) is 5. The van der Waals surface area contributed by atoms with Gasteiger partial charge in [-0.15, -0.1) is 0 Å². The van der Waals surface area contributed by atoms with Crippen molar-refractivity contribution in [3.05, 3.63) is 17.7 Å². The van der Waals surface area contributed by atoms with Crippen molar-refractivity contribution < 1.29 is 19.1 Å². The molecule has 1 aromatic heterocycles. The van der Waals surface area contributed by atoms with Gasteiger partial charge in [-0.1, -0.05) is 0 Å². The third-order valence-corrected chi connectivity index (χ3v) is 4.70. The van der Waals surface area contributed by atoms with Crippen molar-refractivity contribution >= 4 is 29.9 Å². The number of nitrogens with one attached hydrogen (secondary N) is 2. The fraction of sp³-hybridized carbons (Fsp3) is 0.588. The second kappa shape index (κ2) is 13.3. The molecule has 1 amide bonds. The van der Waals surface area contributed by atoms with E-state index in [0.717, 1.165) is 17.1 Å². The summed E-state index contributed by atoms with van der Waals surface area (Å²) in [5, 5.41) is 14.0. The average Bonchev–Trinajstić information content (AvgIpc) is 3.06. The Morgan fingerprint density at radius 3 is 2.86 bits per heavy atom. The maximum Gasteiger partial charge on any atom is 0.508 e. The zero-order valence-electron chi connectivity index (χ0n) is 17.1. The van der Waals surface area contributed by atoms with Crippen LogP contribution in [0.15, 0.2) is 11.3 Å². The first-order chi connectivity index (χ1) is 13.9. The van der Waals surface area contributed by atoms with Crippen LogP contribution < -0.4 is 10.6 Å². The van der Waals surface area contributed by atoms with Crippen molar-refractivity contribution in [2.45, 2.75) is 19.6 Å². The molecule has 0 aliphatic carbocycles.